The molecule has 1 aliphatic rings. The molecule has 3 rings (SSSR count). The first-order valence-electron chi connectivity index (χ1n) is 8.32. The fourth-order valence-electron chi connectivity index (χ4n) is 3.70. The number of aryl methyl sites for hydroxylation is 1. The van der Waals surface area contributed by atoms with Gasteiger partial charge in [-0.15, -0.1) is 0 Å². The Bertz CT molecular complexity index is 641. The van der Waals surface area contributed by atoms with Gasteiger partial charge in [0, 0.05) is 25.6 Å². The van der Waals surface area contributed by atoms with Crippen LogP contribution in [0.5, 0.6) is 5.75 Å². The van der Waals surface area contributed by atoms with Gasteiger partial charge in [-0.3, -0.25) is 4.90 Å². The largest absolute Gasteiger partial charge is 0.496 e. The Balaban J connectivity index is 1.71. The SMILES string of the molecule is COc1ccc(CN2C[C@@H](CN)[C@H](c3ccccc3)C2)cc1C. The van der Waals surface area contributed by atoms with Crippen LogP contribution in [0.3, 0.4) is 0 Å². The molecule has 2 atom stereocenters. The maximum Gasteiger partial charge on any atom is 0.121 e. The van der Waals surface area contributed by atoms with E-state index in [9.17, 15) is 0 Å². The summed E-state index contributed by atoms with van der Waals surface area (Å²) in [7, 11) is 1.72. The van der Waals surface area contributed by atoms with E-state index in [2.05, 4.69) is 60.4 Å². The van der Waals surface area contributed by atoms with Crippen LogP contribution in [0, 0.1) is 12.8 Å². The smallest absolute Gasteiger partial charge is 0.121 e. The Labute approximate surface area is 139 Å². The van der Waals surface area contributed by atoms with Gasteiger partial charge in [0.2, 0.25) is 0 Å². The van der Waals surface area contributed by atoms with E-state index in [0.29, 0.717) is 11.8 Å². The van der Waals surface area contributed by atoms with Crippen molar-refractivity contribution < 1.29 is 4.74 Å². The summed E-state index contributed by atoms with van der Waals surface area (Å²) in [6.45, 7) is 5.97. The Morgan fingerprint density at radius 1 is 1.13 bits per heavy atom. The van der Waals surface area contributed by atoms with Gasteiger partial charge < -0.3 is 10.5 Å². The molecule has 0 unspecified atom stereocenters. The molecule has 23 heavy (non-hydrogen) atoms. The standard InChI is InChI=1S/C20H26N2O/c1-15-10-16(8-9-20(15)23-2)12-22-13-18(11-21)19(14-22)17-6-4-3-5-7-17/h3-10,18-19H,11-14,21H2,1-2H3/t18-,19+/m1/s1. The van der Waals surface area contributed by atoms with Crippen molar-refractivity contribution >= 4 is 0 Å². The van der Waals surface area contributed by atoms with E-state index in [1.165, 1.54) is 16.7 Å². The van der Waals surface area contributed by atoms with E-state index < -0.39 is 0 Å². The highest BCUT2D eigenvalue weighted by Crippen LogP contribution is 2.33. The topological polar surface area (TPSA) is 38.5 Å². The summed E-state index contributed by atoms with van der Waals surface area (Å²) in [5, 5.41) is 0. The van der Waals surface area contributed by atoms with Crippen molar-refractivity contribution in [3.8, 4) is 5.75 Å². The van der Waals surface area contributed by atoms with E-state index in [1.807, 2.05) is 0 Å². The number of likely N-dealkylation sites (tertiary alicyclic amines) is 1. The van der Waals surface area contributed by atoms with E-state index in [-0.39, 0.29) is 0 Å². The number of methoxy groups -OCH3 is 1. The van der Waals surface area contributed by atoms with Crippen molar-refractivity contribution in [3.05, 3.63) is 65.2 Å². The summed E-state index contributed by atoms with van der Waals surface area (Å²) in [4.78, 5) is 2.52. The lowest BCUT2D eigenvalue weighted by atomic mass is 9.89. The van der Waals surface area contributed by atoms with Crippen LogP contribution < -0.4 is 10.5 Å². The third kappa shape index (κ3) is 3.57. The highest BCUT2D eigenvalue weighted by atomic mass is 16.5. The molecular weight excluding hydrogens is 284 g/mol. The first-order chi connectivity index (χ1) is 11.2. The van der Waals surface area contributed by atoms with Gasteiger partial charge in [-0.05, 0) is 42.1 Å². The van der Waals surface area contributed by atoms with Crippen LogP contribution in [0.15, 0.2) is 48.5 Å². The zero-order valence-corrected chi connectivity index (χ0v) is 14.0. The quantitative estimate of drug-likeness (QED) is 0.922. The summed E-state index contributed by atoms with van der Waals surface area (Å²) >= 11 is 0. The molecule has 122 valence electrons. The Morgan fingerprint density at radius 3 is 2.57 bits per heavy atom. The van der Waals surface area contributed by atoms with E-state index >= 15 is 0 Å². The zero-order chi connectivity index (χ0) is 16.2. The average molecular weight is 310 g/mol. The van der Waals surface area contributed by atoms with Crippen LogP contribution in [0.2, 0.25) is 0 Å². The number of hydrogen-bond acceptors (Lipinski definition) is 3. The molecule has 1 aliphatic heterocycles. The second-order valence-corrected chi connectivity index (χ2v) is 6.51. The fraction of sp³-hybridized carbons (Fsp3) is 0.400. The third-order valence-corrected chi connectivity index (χ3v) is 4.91. The molecule has 2 N–H and O–H groups in total. The molecule has 3 nitrogen and oxygen atoms in total. The highest BCUT2D eigenvalue weighted by molar-refractivity contribution is 5.36. The molecule has 0 radical (unpaired) electrons. The van der Waals surface area contributed by atoms with Gasteiger partial charge in [-0.2, -0.15) is 0 Å². The van der Waals surface area contributed by atoms with Gasteiger partial charge in [0.05, 0.1) is 7.11 Å². The van der Waals surface area contributed by atoms with Crippen LogP contribution >= 0.6 is 0 Å². The molecule has 0 amide bonds. The maximum absolute atomic E-state index is 6.04. The van der Waals surface area contributed by atoms with Gasteiger partial charge in [0.25, 0.3) is 0 Å². The highest BCUT2D eigenvalue weighted by Gasteiger charge is 2.32. The first kappa shape index (κ1) is 16.0. The number of rotatable bonds is 5. The van der Waals surface area contributed by atoms with Gasteiger partial charge in [-0.25, -0.2) is 0 Å². The number of benzene rings is 2. The summed E-state index contributed by atoms with van der Waals surface area (Å²) in [6, 6.07) is 17.2. The molecule has 0 bridgehead atoms. The van der Waals surface area contributed by atoms with E-state index in [0.717, 1.165) is 31.9 Å². The maximum atomic E-state index is 6.04. The minimum Gasteiger partial charge on any atom is -0.496 e. The molecule has 2 aromatic carbocycles. The van der Waals surface area contributed by atoms with Crippen molar-refractivity contribution in [2.24, 2.45) is 11.7 Å². The molecule has 1 heterocycles. The zero-order valence-electron chi connectivity index (χ0n) is 14.0. The predicted octanol–water partition coefficient (Wildman–Crippen LogP) is 3.18. The summed E-state index contributed by atoms with van der Waals surface area (Å²) in [5.74, 6) is 2.04. The molecular formula is C20H26N2O. The summed E-state index contributed by atoms with van der Waals surface area (Å²) < 4.78 is 5.35. The van der Waals surface area contributed by atoms with Crippen LogP contribution in [0.25, 0.3) is 0 Å². The number of nitrogens with zero attached hydrogens (tertiary/aromatic N) is 1. The van der Waals surface area contributed by atoms with Crippen molar-refractivity contribution in [3.63, 3.8) is 0 Å². The van der Waals surface area contributed by atoms with E-state index in [4.69, 9.17) is 10.5 Å². The normalized spacial score (nSPS) is 21.5. The Morgan fingerprint density at radius 2 is 1.91 bits per heavy atom. The lowest BCUT2D eigenvalue weighted by Crippen LogP contribution is -2.23. The van der Waals surface area contributed by atoms with Crippen LogP contribution in [-0.2, 0) is 6.54 Å². The minimum atomic E-state index is 0.539. The van der Waals surface area contributed by atoms with Crippen LogP contribution in [0.4, 0.5) is 0 Å². The number of hydrogen-bond donors (Lipinski definition) is 1. The predicted molar refractivity (Wildman–Crippen MR) is 94.7 cm³/mol. The number of nitrogens with two attached hydrogens (primary N) is 1. The summed E-state index contributed by atoms with van der Waals surface area (Å²) in [5.41, 5.74) is 9.98. The molecule has 0 aromatic heterocycles. The Kier molecular flexibility index (Phi) is 4.99. The first-order valence-corrected chi connectivity index (χ1v) is 8.32. The second kappa shape index (κ2) is 7.16. The van der Waals surface area contributed by atoms with Crippen molar-refractivity contribution in [2.45, 2.75) is 19.4 Å². The van der Waals surface area contributed by atoms with Crippen LogP contribution in [0.1, 0.15) is 22.6 Å². The second-order valence-electron chi connectivity index (χ2n) is 6.51. The molecule has 1 saturated heterocycles. The molecule has 0 spiro atoms. The van der Waals surface area contributed by atoms with Gasteiger partial charge >= 0.3 is 0 Å². The monoisotopic (exact) mass is 310 g/mol. The molecule has 2 aromatic rings. The molecule has 1 fully saturated rings. The van der Waals surface area contributed by atoms with Crippen molar-refractivity contribution in [1.29, 1.82) is 0 Å². The van der Waals surface area contributed by atoms with Crippen molar-refractivity contribution in [1.82, 2.24) is 4.90 Å². The van der Waals surface area contributed by atoms with Gasteiger partial charge in [-0.1, -0.05) is 42.5 Å². The van der Waals surface area contributed by atoms with Crippen LogP contribution in [-0.4, -0.2) is 31.6 Å². The minimum absolute atomic E-state index is 0.539. The van der Waals surface area contributed by atoms with Crippen molar-refractivity contribution in [2.75, 3.05) is 26.7 Å². The summed E-state index contributed by atoms with van der Waals surface area (Å²) in [6.07, 6.45) is 0. The lowest BCUT2D eigenvalue weighted by molar-refractivity contribution is 0.316. The lowest BCUT2D eigenvalue weighted by Gasteiger charge is -2.17. The van der Waals surface area contributed by atoms with Gasteiger partial charge in [0.15, 0.2) is 0 Å². The fourth-order valence-corrected chi connectivity index (χ4v) is 3.70. The average Bonchev–Trinajstić information content (AvgIpc) is 2.99. The van der Waals surface area contributed by atoms with E-state index in [1.54, 1.807) is 7.11 Å². The Hall–Kier alpha value is -1.84. The number of ether oxygens (including phenoxy) is 1. The third-order valence-electron chi connectivity index (χ3n) is 4.91. The molecule has 3 heteroatoms. The van der Waals surface area contributed by atoms with Gasteiger partial charge in [0.1, 0.15) is 5.75 Å². The molecule has 0 saturated carbocycles. The molecule has 0 aliphatic carbocycles.